The van der Waals surface area contributed by atoms with E-state index in [4.69, 9.17) is 0 Å². The molecular formula is C20H18N6O3. The molecule has 29 heavy (non-hydrogen) atoms. The standard InChI is InChI=1S/C20H18N6O3/c1-13-12-21-20(29)26(13)17-9-5-4-8-16(17)22-18(27)10-11-25-19(28)14-6-2-3-7-15(14)23-24-25/h2-9,12H,10-11H2,1H3,(H,21,29)(H,22,27). The van der Waals surface area contributed by atoms with Crippen molar-refractivity contribution in [2.45, 2.75) is 19.9 Å². The van der Waals surface area contributed by atoms with Gasteiger partial charge in [0.1, 0.15) is 5.52 Å². The van der Waals surface area contributed by atoms with Crippen LogP contribution in [-0.4, -0.2) is 30.5 Å². The SMILES string of the molecule is Cc1c[nH]c(=O)n1-c1ccccc1NC(=O)CCn1nnc2ccccc2c1=O. The smallest absolute Gasteiger partial charge is 0.324 e. The molecule has 0 saturated carbocycles. The van der Waals surface area contributed by atoms with Gasteiger partial charge in [-0.2, -0.15) is 0 Å². The number of para-hydroxylation sites is 2. The molecule has 0 spiro atoms. The van der Waals surface area contributed by atoms with Crippen LogP contribution in [0.3, 0.4) is 0 Å². The number of fused-ring (bicyclic) bond motifs is 1. The molecular weight excluding hydrogens is 372 g/mol. The van der Waals surface area contributed by atoms with Gasteiger partial charge in [-0.15, -0.1) is 5.10 Å². The van der Waals surface area contributed by atoms with E-state index in [1.165, 1.54) is 9.25 Å². The molecule has 2 N–H and O–H groups in total. The average molecular weight is 390 g/mol. The van der Waals surface area contributed by atoms with Crippen molar-refractivity contribution in [2.75, 3.05) is 5.32 Å². The van der Waals surface area contributed by atoms with Crippen LogP contribution in [0.15, 0.2) is 64.3 Å². The van der Waals surface area contributed by atoms with E-state index < -0.39 is 0 Å². The maximum Gasteiger partial charge on any atom is 0.330 e. The van der Waals surface area contributed by atoms with E-state index >= 15 is 0 Å². The third kappa shape index (κ3) is 3.57. The number of imidazole rings is 1. The first-order chi connectivity index (χ1) is 14.0. The molecule has 0 aliphatic heterocycles. The quantitative estimate of drug-likeness (QED) is 0.537. The number of anilines is 1. The van der Waals surface area contributed by atoms with E-state index in [9.17, 15) is 14.4 Å². The minimum Gasteiger partial charge on any atom is -0.324 e. The van der Waals surface area contributed by atoms with Crippen LogP contribution in [0.25, 0.3) is 16.6 Å². The Kier molecular flexibility index (Phi) is 4.78. The summed E-state index contributed by atoms with van der Waals surface area (Å²) in [6.07, 6.45) is 1.63. The van der Waals surface area contributed by atoms with E-state index in [0.29, 0.717) is 22.3 Å². The van der Waals surface area contributed by atoms with Crippen molar-refractivity contribution in [2.24, 2.45) is 0 Å². The first-order valence-electron chi connectivity index (χ1n) is 9.03. The Hall–Kier alpha value is -4.01. The number of carbonyl (C=O) groups excluding carboxylic acids is 1. The Labute approximate surface area is 164 Å². The first-order valence-corrected chi connectivity index (χ1v) is 9.03. The molecule has 0 aliphatic rings. The summed E-state index contributed by atoms with van der Waals surface area (Å²) >= 11 is 0. The van der Waals surface area contributed by atoms with E-state index in [0.717, 1.165) is 5.69 Å². The summed E-state index contributed by atoms with van der Waals surface area (Å²) in [5.41, 5.74) is 1.71. The Morgan fingerprint density at radius 3 is 2.66 bits per heavy atom. The van der Waals surface area contributed by atoms with E-state index in [1.807, 2.05) is 0 Å². The zero-order valence-corrected chi connectivity index (χ0v) is 15.6. The molecule has 146 valence electrons. The lowest BCUT2D eigenvalue weighted by molar-refractivity contribution is -0.116. The van der Waals surface area contributed by atoms with Crippen LogP contribution < -0.4 is 16.6 Å². The van der Waals surface area contributed by atoms with Gasteiger partial charge < -0.3 is 10.3 Å². The number of rotatable bonds is 5. The van der Waals surface area contributed by atoms with Crippen molar-refractivity contribution in [1.29, 1.82) is 0 Å². The van der Waals surface area contributed by atoms with Crippen LogP contribution in [0, 0.1) is 6.92 Å². The highest BCUT2D eigenvalue weighted by molar-refractivity contribution is 5.92. The number of nitrogens with one attached hydrogen (secondary N) is 2. The van der Waals surface area contributed by atoms with Crippen LogP contribution in [0.5, 0.6) is 0 Å². The highest BCUT2D eigenvalue weighted by Gasteiger charge is 2.13. The number of carbonyl (C=O) groups is 1. The third-order valence-corrected chi connectivity index (χ3v) is 4.56. The first kappa shape index (κ1) is 18.4. The Bertz CT molecular complexity index is 1320. The molecule has 0 bridgehead atoms. The van der Waals surface area contributed by atoms with Gasteiger partial charge >= 0.3 is 5.69 Å². The number of hydrogen-bond donors (Lipinski definition) is 2. The van der Waals surface area contributed by atoms with Crippen LogP contribution >= 0.6 is 0 Å². The highest BCUT2D eigenvalue weighted by atomic mass is 16.2. The number of amides is 1. The summed E-state index contributed by atoms with van der Waals surface area (Å²) in [6, 6.07) is 13.9. The van der Waals surface area contributed by atoms with Crippen LogP contribution in [0.1, 0.15) is 12.1 Å². The second-order valence-corrected chi connectivity index (χ2v) is 6.52. The van der Waals surface area contributed by atoms with Gasteiger partial charge in [0.2, 0.25) is 5.91 Å². The van der Waals surface area contributed by atoms with Crippen molar-refractivity contribution in [3.8, 4) is 5.69 Å². The van der Waals surface area contributed by atoms with Crippen LogP contribution in [0.2, 0.25) is 0 Å². The molecule has 0 fully saturated rings. The van der Waals surface area contributed by atoms with Gasteiger partial charge in [0.25, 0.3) is 5.56 Å². The van der Waals surface area contributed by atoms with Crippen molar-refractivity contribution in [1.82, 2.24) is 24.5 Å². The fourth-order valence-corrected chi connectivity index (χ4v) is 3.12. The van der Waals surface area contributed by atoms with Crippen LogP contribution in [0.4, 0.5) is 5.69 Å². The fraction of sp³-hybridized carbons (Fsp3) is 0.150. The normalized spacial score (nSPS) is 10.9. The zero-order valence-electron chi connectivity index (χ0n) is 15.6. The molecule has 9 heteroatoms. The van der Waals surface area contributed by atoms with Crippen molar-refractivity contribution < 1.29 is 4.79 Å². The van der Waals surface area contributed by atoms with Crippen molar-refractivity contribution in [3.05, 3.63) is 81.3 Å². The van der Waals surface area contributed by atoms with Crippen molar-refractivity contribution >= 4 is 22.5 Å². The maximum atomic E-state index is 12.5. The monoisotopic (exact) mass is 390 g/mol. The summed E-state index contributed by atoms with van der Waals surface area (Å²) in [7, 11) is 0. The molecule has 2 aromatic heterocycles. The Balaban J connectivity index is 1.53. The van der Waals surface area contributed by atoms with Gasteiger partial charge in [0.15, 0.2) is 0 Å². The number of hydrogen-bond acceptors (Lipinski definition) is 5. The van der Waals surface area contributed by atoms with Gasteiger partial charge in [-0.25, -0.2) is 9.48 Å². The molecule has 0 atom stereocenters. The van der Waals surface area contributed by atoms with E-state index in [1.54, 1.807) is 61.7 Å². The summed E-state index contributed by atoms with van der Waals surface area (Å²) in [5.74, 6) is -0.305. The minimum atomic E-state index is -0.305. The molecule has 2 aromatic carbocycles. The lowest BCUT2D eigenvalue weighted by Crippen LogP contribution is -2.27. The van der Waals surface area contributed by atoms with Gasteiger partial charge in [-0.05, 0) is 31.2 Å². The van der Waals surface area contributed by atoms with Gasteiger partial charge in [0.05, 0.1) is 23.3 Å². The zero-order chi connectivity index (χ0) is 20.4. The summed E-state index contributed by atoms with van der Waals surface area (Å²) in [4.78, 5) is 39.7. The summed E-state index contributed by atoms with van der Waals surface area (Å²) in [5, 5.41) is 11.2. The average Bonchev–Trinajstić information content (AvgIpc) is 3.06. The number of aromatic nitrogens is 5. The highest BCUT2D eigenvalue weighted by Crippen LogP contribution is 2.20. The molecule has 0 unspecified atom stereocenters. The lowest BCUT2D eigenvalue weighted by atomic mass is 10.2. The molecule has 0 saturated heterocycles. The number of aryl methyl sites for hydroxylation is 2. The van der Waals surface area contributed by atoms with Gasteiger partial charge in [-0.1, -0.05) is 29.5 Å². The van der Waals surface area contributed by atoms with Crippen molar-refractivity contribution in [3.63, 3.8) is 0 Å². The number of aromatic amines is 1. The Morgan fingerprint density at radius 2 is 1.86 bits per heavy atom. The molecule has 1 amide bonds. The Morgan fingerprint density at radius 1 is 1.10 bits per heavy atom. The second kappa shape index (κ2) is 7.55. The largest absolute Gasteiger partial charge is 0.330 e. The molecule has 0 radical (unpaired) electrons. The number of H-pyrrole nitrogens is 1. The van der Waals surface area contributed by atoms with E-state index in [-0.39, 0.29) is 30.1 Å². The number of benzene rings is 2. The minimum absolute atomic E-state index is 0.0300. The molecule has 4 aromatic rings. The number of nitrogens with zero attached hydrogens (tertiary/aromatic N) is 4. The fourth-order valence-electron chi connectivity index (χ4n) is 3.12. The summed E-state index contributed by atoms with van der Waals surface area (Å²) in [6.45, 7) is 1.88. The maximum absolute atomic E-state index is 12.5. The van der Waals surface area contributed by atoms with E-state index in [2.05, 4.69) is 20.6 Å². The topological polar surface area (TPSA) is 115 Å². The summed E-state index contributed by atoms with van der Waals surface area (Å²) < 4.78 is 2.66. The second-order valence-electron chi connectivity index (χ2n) is 6.52. The van der Waals surface area contributed by atoms with Gasteiger partial charge in [0, 0.05) is 18.3 Å². The molecule has 4 rings (SSSR count). The predicted molar refractivity (Wildman–Crippen MR) is 108 cm³/mol. The molecule has 9 nitrogen and oxygen atoms in total. The molecule has 0 aliphatic carbocycles. The lowest BCUT2D eigenvalue weighted by Gasteiger charge is -2.12. The van der Waals surface area contributed by atoms with Gasteiger partial charge in [-0.3, -0.25) is 14.2 Å². The van der Waals surface area contributed by atoms with Crippen LogP contribution in [-0.2, 0) is 11.3 Å². The molecule has 2 heterocycles. The predicted octanol–water partition coefficient (Wildman–Crippen LogP) is 1.61. The third-order valence-electron chi connectivity index (χ3n) is 4.56.